The smallest absolute Gasteiger partial charge is 0.269 e. The van der Waals surface area contributed by atoms with Crippen molar-refractivity contribution < 1.29 is 9.72 Å². The molecule has 3 rings (SSSR count). The molecule has 1 aromatic heterocycles. The molecule has 32 heavy (non-hydrogen) atoms. The van der Waals surface area contributed by atoms with E-state index in [1.54, 1.807) is 18.2 Å². The molecular formula is C23H25N5O3S. The predicted octanol–water partition coefficient (Wildman–Crippen LogP) is 4.72. The summed E-state index contributed by atoms with van der Waals surface area (Å²) in [5.74, 6) is 1.43. The van der Waals surface area contributed by atoms with E-state index in [1.165, 1.54) is 23.9 Å². The van der Waals surface area contributed by atoms with Crippen molar-refractivity contribution in [3.8, 4) is 11.4 Å². The molecule has 0 spiro atoms. The Morgan fingerprint density at radius 1 is 1.22 bits per heavy atom. The van der Waals surface area contributed by atoms with Crippen molar-refractivity contribution in [3.05, 3.63) is 82.4 Å². The SMILES string of the molecule is C=CCn1c(SCc2ccccc2C(=O)NCC(C)C)nnc1-c1ccc([N+](=O)[O-])cc1. The average molecular weight is 452 g/mol. The van der Waals surface area contributed by atoms with Crippen LogP contribution in [-0.2, 0) is 12.3 Å². The highest BCUT2D eigenvalue weighted by atomic mass is 32.2. The van der Waals surface area contributed by atoms with Crippen LogP contribution in [0.15, 0.2) is 66.3 Å². The molecule has 0 unspecified atom stereocenters. The molecule has 0 fully saturated rings. The summed E-state index contributed by atoms with van der Waals surface area (Å²) in [5.41, 5.74) is 2.30. The van der Waals surface area contributed by atoms with Crippen LogP contribution < -0.4 is 5.32 Å². The number of benzene rings is 2. The number of nitrogens with one attached hydrogen (secondary N) is 1. The van der Waals surface area contributed by atoms with Gasteiger partial charge in [0.15, 0.2) is 11.0 Å². The number of aromatic nitrogens is 3. The van der Waals surface area contributed by atoms with Crippen LogP contribution in [0.2, 0.25) is 0 Å². The zero-order chi connectivity index (χ0) is 23.1. The van der Waals surface area contributed by atoms with E-state index < -0.39 is 4.92 Å². The van der Waals surface area contributed by atoms with Crippen LogP contribution in [0.25, 0.3) is 11.4 Å². The van der Waals surface area contributed by atoms with Crippen molar-refractivity contribution in [1.29, 1.82) is 0 Å². The van der Waals surface area contributed by atoms with Gasteiger partial charge < -0.3 is 5.32 Å². The molecule has 1 heterocycles. The molecule has 0 bridgehead atoms. The van der Waals surface area contributed by atoms with Gasteiger partial charge in [0.05, 0.1) is 4.92 Å². The zero-order valence-corrected chi connectivity index (χ0v) is 18.8. The van der Waals surface area contributed by atoms with E-state index in [1.807, 2.05) is 28.8 Å². The van der Waals surface area contributed by atoms with Gasteiger partial charge in [0.25, 0.3) is 11.6 Å². The van der Waals surface area contributed by atoms with E-state index in [9.17, 15) is 14.9 Å². The van der Waals surface area contributed by atoms with Gasteiger partial charge in [0.2, 0.25) is 0 Å². The Morgan fingerprint density at radius 2 is 1.94 bits per heavy atom. The number of allylic oxidation sites excluding steroid dienone is 1. The quantitative estimate of drug-likeness (QED) is 0.207. The minimum atomic E-state index is -0.436. The molecule has 9 heteroatoms. The van der Waals surface area contributed by atoms with Gasteiger partial charge in [-0.2, -0.15) is 0 Å². The van der Waals surface area contributed by atoms with E-state index in [-0.39, 0.29) is 11.6 Å². The van der Waals surface area contributed by atoms with E-state index in [0.29, 0.717) is 41.3 Å². The van der Waals surface area contributed by atoms with Crippen molar-refractivity contribution in [2.75, 3.05) is 6.54 Å². The lowest BCUT2D eigenvalue weighted by Gasteiger charge is -2.12. The number of hydrogen-bond acceptors (Lipinski definition) is 6. The number of carbonyl (C=O) groups is 1. The van der Waals surface area contributed by atoms with Crippen LogP contribution >= 0.6 is 11.8 Å². The summed E-state index contributed by atoms with van der Waals surface area (Å²) >= 11 is 1.47. The minimum absolute atomic E-state index is 0.0190. The van der Waals surface area contributed by atoms with Crippen LogP contribution in [0.1, 0.15) is 29.8 Å². The van der Waals surface area contributed by atoms with E-state index in [0.717, 1.165) is 11.1 Å². The van der Waals surface area contributed by atoms with Gasteiger partial charge in [-0.05, 0) is 29.7 Å². The second-order valence-corrected chi connectivity index (χ2v) is 8.50. The van der Waals surface area contributed by atoms with Gasteiger partial charge in [0, 0.05) is 42.1 Å². The Balaban J connectivity index is 1.81. The Labute approximate surface area is 190 Å². The third kappa shape index (κ3) is 5.61. The molecule has 166 valence electrons. The number of carbonyl (C=O) groups excluding carboxylic acids is 1. The van der Waals surface area contributed by atoms with Gasteiger partial charge in [-0.1, -0.05) is 49.9 Å². The van der Waals surface area contributed by atoms with E-state index in [4.69, 9.17) is 0 Å². The number of nitrogens with zero attached hydrogens (tertiary/aromatic N) is 4. The molecular weight excluding hydrogens is 426 g/mol. The lowest BCUT2D eigenvalue weighted by Crippen LogP contribution is -2.28. The van der Waals surface area contributed by atoms with Crippen molar-refractivity contribution in [1.82, 2.24) is 20.1 Å². The molecule has 8 nitrogen and oxygen atoms in total. The highest BCUT2D eigenvalue weighted by molar-refractivity contribution is 7.98. The number of rotatable bonds is 10. The first kappa shape index (κ1) is 23.2. The van der Waals surface area contributed by atoms with Crippen LogP contribution in [0.3, 0.4) is 0 Å². The Kier molecular flexibility index (Phi) is 7.77. The molecule has 0 aliphatic rings. The molecule has 1 N–H and O–H groups in total. The highest BCUT2D eigenvalue weighted by Gasteiger charge is 2.17. The van der Waals surface area contributed by atoms with Gasteiger partial charge >= 0.3 is 0 Å². The molecule has 3 aromatic rings. The number of nitro groups is 1. The van der Waals surface area contributed by atoms with Gasteiger partial charge in [-0.15, -0.1) is 16.8 Å². The first-order valence-corrected chi connectivity index (χ1v) is 11.2. The Bertz CT molecular complexity index is 1110. The molecule has 0 radical (unpaired) electrons. The maximum atomic E-state index is 12.6. The fraction of sp³-hybridized carbons (Fsp3) is 0.261. The topological polar surface area (TPSA) is 103 Å². The maximum absolute atomic E-state index is 12.6. The molecule has 1 amide bonds. The van der Waals surface area contributed by atoms with Crippen LogP contribution in [0.5, 0.6) is 0 Å². The normalized spacial score (nSPS) is 10.8. The zero-order valence-electron chi connectivity index (χ0n) is 18.0. The molecule has 0 atom stereocenters. The molecule has 0 saturated heterocycles. The summed E-state index contributed by atoms with van der Waals surface area (Å²) in [6.07, 6.45) is 1.75. The van der Waals surface area contributed by atoms with Crippen molar-refractivity contribution in [2.45, 2.75) is 31.3 Å². The molecule has 0 aliphatic heterocycles. The summed E-state index contributed by atoms with van der Waals surface area (Å²) in [6.45, 7) is 9.02. The van der Waals surface area contributed by atoms with Gasteiger partial charge in [0.1, 0.15) is 0 Å². The van der Waals surface area contributed by atoms with Crippen LogP contribution in [0.4, 0.5) is 5.69 Å². The summed E-state index contributed by atoms with van der Waals surface area (Å²) in [5, 5.41) is 23.2. The number of nitro benzene ring substituents is 1. The van der Waals surface area contributed by atoms with Gasteiger partial charge in [-0.3, -0.25) is 19.5 Å². The molecule has 0 aliphatic carbocycles. The van der Waals surface area contributed by atoms with Gasteiger partial charge in [-0.25, -0.2) is 0 Å². The number of thioether (sulfide) groups is 1. The van der Waals surface area contributed by atoms with E-state index >= 15 is 0 Å². The lowest BCUT2D eigenvalue weighted by molar-refractivity contribution is -0.384. The fourth-order valence-electron chi connectivity index (χ4n) is 3.04. The first-order valence-electron chi connectivity index (χ1n) is 10.2. The summed E-state index contributed by atoms with van der Waals surface area (Å²) < 4.78 is 1.90. The highest BCUT2D eigenvalue weighted by Crippen LogP contribution is 2.28. The Hall–Kier alpha value is -3.46. The minimum Gasteiger partial charge on any atom is -0.352 e. The maximum Gasteiger partial charge on any atom is 0.269 e. The van der Waals surface area contributed by atoms with Crippen LogP contribution in [0, 0.1) is 16.0 Å². The summed E-state index contributed by atoms with van der Waals surface area (Å²) in [7, 11) is 0. The predicted molar refractivity (Wildman–Crippen MR) is 125 cm³/mol. The number of amides is 1. The lowest BCUT2D eigenvalue weighted by atomic mass is 10.1. The first-order chi connectivity index (χ1) is 15.4. The second-order valence-electron chi connectivity index (χ2n) is 7.56. The largest absolute Gasteiger partial charge is 0.352 e. The third-order valence-electron chi connectivity index (χ3n) is 4.65. The number of non-ortho nitro benzene ring substituents is 1. The van der Waals surface area contributed by atoms with Crippen LogP contribution in [-0.4, -0.2) is 32.1 Å². The molecule has 2 aromatic carbocycles. The van der Waals surface area contributed by atoms with Crippen molar-refractivity contribution >= 4 is 23.4 Å². The average Bonchev–Trinajstić information content (AvgIpc) is 3.19. The number of hydrogen-bond donors (Lipinski definition) is 1. The second kappa shape index (κ2) is 10.7. The van der Waals surface area contributed by atoms with E-state index in [2.05, 4.69) is 35.9 Å². The van der Waals surface area contributed by atoms with Crippen molar-refractivity contribution in [3.63, 3.8) is 0 Å². The summed E-state index contributed by atoms with van der Waals surface area (Å²) in [4.78, 5) is 23.1. The fourth-order valence-corrected chi connectivity index (χ4v) is 3.99. The Morgan fingerprint density at radius 3 is 2.59 bits per heavy atom. The third-order valence-corrected chi connectivity index (χ3v) is 5.67. The summed E-state index contributed by atoms with van der Waals surface area (Å²) in [6, 6.07) is 13.7. The van der Waals surface area contributed by atoms with Crippen molar-refractivity contribution in [2.24, 2.45) is 5.92 Å². The molecule has 0 saturated carbocycles. The standard InChI is InChI=1S/C23H25N5O3S/c1-4-13-27-21(17-9-11-19(12-10-17)28(30)31)25-26-23(27)32-15-18-7-5-6-8-20(18)22(29)24-14-16(2)3/h4-12,16H,1,13-15H2,2-3H3,(H,24,29). The monoisotopic (exact) mass is 451 g/mol.